The maximum absolute atomic E-state index is 10.9. The van der Waals surface area contributed by atoms with Crippen LogP contribution in [-0.4, -0.2) is 18.3 Å². The Balaban J connectivity index is 2.22. The smallest absolute Gasteiger partial charge is 0.119 e. The summed E-state index contributed by atoms with van der Waals surface area (Å²) in [6.07, 6.45) is 11.4. The third kappa shape index (κ3) is 4.61. The lowest BCUT2D eigenvalue weighted by Crippen LogP contribution is -2.24. The average Bonchev–Trinajstić information content (AvgIpc) is 2.59. The van der Waals surface area contributed by atoms with Gasteiger partial charge in [-0.2, -0.15) is 0 Å². The van der Waals surface area contributed by atoms with Crippen molar-refractivity contribution in [1.82, 2.24) is 0 Å². The summed E-state index contributed by atoms with van der Waals surface area (Å²) in [7, 11) is 1.69. The number of ether oxygens (including phenoxy) is 1. The minimum absolute atomic E-state index is 0.343. The summed E-state index contributed by atoms with van der Waals surface area (Å²) in [4.78, 5) is 0. The molecule has 1 saturated carbocycles. The molecule has 0 aromatic heterocycles. The van der Waals surface area contributed by atoms with E-state index in [4.69, 9.17) is 4.74 Å². The average molecular weight is 302 g/mol. The Bertz CT molecular complexity index is 472. The molecule has 0 spiro atoms. The summed E-state index contributed by atoms with van der Waals surface area (Å²) >= 11 is 0. The van der Waals surface area contributed by atoms with Gasteiger partial charge >= 0.3 is 0 Å². The molecule has 1 N–H and O–H groups in total. The molecule has 0 amide bonds. The molecule has 1 aliphatic rings. The molecule has 0 unspecified atom stereocenters. The number of hydrogen-bond acceptors (Lipinski definition) is 2. The predicted molar refractivity (Wildman–Crippen MR) is 93.1 cm³/mol. The Labute approximate surface area is 135 Å². The second-order valence-corrected chi connectivity index (χ2v) is 6.38. The van der Waals surface area contributed by atoms with E-state index in [1.807, 2.05) is 18.2 Å². The van der Waals surface area contributed by atoms with Crippen molar-refractivity contribution in [3.05, 3.63) is 35.9 Å². The van der Waals surface area contributed by atoms with E-state index in [1.165, 1.54) is 32.1 Å². The van der Waals surface area contributed by atoms with E-state index < -0.39 is 0 Å². The molecule has 2 heteroatoms. The number of aliphatic hydroxyl groups is 1. The summed E-state index contributed by atoms with van der Waals surface area (Å²) in [5.41, 5.74) is 2.20. The molecular formula is C20H30O2. The molecule has 2 rings (SSSR count). The van der Waals surface area contributed by atoms with Crippen molar-refractivity contribution in [2.24, 2.45) is 5.92 Å². The summed E-state index contributed by atoms with van der Waals surface area (Å²) in [5.74, 6) is 1.27. The maximum Gasteiger partial charge on any atom is 0.119 e. The van der Waals surface area contributed by atoms with Gasteiger partial charge in [-0.3, -0.25) is 0 Å². The van der Waals surface area contributed by atoms with Gasteiger partial charge in [0, 0.05) is 0 Å². The highest BCUT2D eigenvalue weighted by Gasteiger charge is 2.25. The van der Waals surface area contributed by atoms with E-state index >= 15 is 0 Å². The Kier molecular flexibility index (Phi) is 6.98. The van der Waals surface area contributed by atoms with Gasteiger partial charge in [-0.1, -0.05) is 57.2 Å². The number of rotatable bonds is 7. The summed E-state index contributed by atoms with van der Waals surface area (Å²) in [6.45, 7) is 2.20. The van der Waals surface area contributed by atoms with Gasteiger partial charge in [-0.15, -0.1) is 0 Å². The number of unbranched alkanes of at least 4 members (excludes halogenated alkanes) is 2. The van der Waals surface area contributed by atoms with E-state index in [-0.39, 0.29) is 6.10 Å². The summed E-state index contributed by atoms with van der Waals surface area (Å²) in [5, 5.41) is 10.9. The lowest BCUT2D eigenvalue weighted by molar-refractivity contribution is 0.133. The van der Waals surface area contributed by atoms with Gasteiger partial charge in [0.2, 0.25) is 0 Å². The van der Waals surface area contributed by atoms with Crippen LogP contribution in [0.1, 0.15) is 63.9 Å². The van der Waals surface area contributed by atoms with Crippen molar-refractivity contribution in [3.63, 3.8) is 0 Å². The Morgan fingerprint density at radius 2 is 2.09 bits per heavy atom. The first-order valence-corrected chi connectivity index (χ1v) is 8.78. The van der Waals surface area contributed by atoms with Gasteiger partial charge in [0.1, 0.15) is 5.75 Å². The molecule has 2 nitrogen and oxygen atoms in total. The molecular weight excluding hydrogens is 272 g/mol. The van der Waals surface area contributed by atoms with Crippen molar-refractivity contribution in [3.8, 4) is 5.75 Å². The molecule has 0 saturated heterocycles. The third-order valence-electron chi connectivity index (χ3n) is 4.74. The largest absolute Gasteiger partial charge is 0.497 e. The summed E-state index contributed by atoms with van der Waals surface area (Å²) in [6, 6.07) is 8.10. The van der Waals surface area contributed by atoms with Crippen LogP contribution in [0, 0.1) is 5.92 Å². The van der Waals surface area contributed by atoms with Gasteiger partial charge in [0.15, 0.2) is 0 Å². The van der Waals surface area contributed by atoms with Crippen molar-refractivity contribution >= 4 is 5.57 Å². The second kappa shape index (κ2) is 8.99. The molecule has 1 aliphatic carbocycles. The maximum atomic E-state index is 10.9. The van der Waals surface area contributed by atoms with Crippen molar-refractivity contribution in [1.29, 1.82) is 0 Å². The first-order chi connectivity index (χ1) is 10.8. The van der Waals surface area contributed by atoms with Gasteiger partial charge in [-0.05, 0) is 48.4 Å². The van der Waals surface area contributed by atoms with Crippen LogP contribution in [0.3, 0.4) is 0 Å². The molecule has 122 valence electrons. The van der Waals surface area contributed by atoms with Crippen molar-refractivity contribution in [2.75, 3.05) is 7.11 Å². The van der Waals surface area contributed by atoms with Crippen molar-refractivity contribution in [2.45, 2.75) is 64.4 Å². The number of benzene rings is 1. The summed E-state index contributed by atoms with van der Waals surface area (Å²) < 4.78 is 5.35. The molecule has 0 radical (unpaired) electrons. The zero-order chi connectivity index (χ0) is 15.8. The highest BCUT2D eigenvalue weighted by atomic mass is 16.5. The zero-order valence-corrected chi connectivity index (χ0v) is 14.1. The number of allylic oxidation sites excluding steroid dienone is 1. The van der Waals surface area contributed by atoms with Gasteiger partial charge < -0.3 is 9.84 Å². The minimum atomic E-state index is -0.343. The van der Waals surface area contributed by atoms with Crippen LogP contribution in [0.2, 0.25) is 0 Å². The Morgan fingerprint density at radius 1 is 1.32 bits per heavy atom. The topological polar surface area (TPSA) is 29.5 Å². The normalized spacial score (nSPS) is 18.2. The molecule has 1 atom stereocenters. The lowest BCUT2D eigenvalue weighted by Gasteiger charge is -2.29. The van der Waals surface area contributed by atoms with E-state index in [2.05, 4.69) is 19.1 Å². The molecule has 22 heavy (non-hydrogen) atoms. The highest BCUT2D eigenvalue weighted by molar-refractivity contribution is 5.70. The highest BCUT2D eigenvalue weighted by Crippen LogP contribution is 2.34. The lowest BCUT2D eigenvalue weighted by atomic mass is 9.80. The SMILES string of the molecule is CCCC/C=C(\c1cccc(OC)c1)[C@H](O)C1CCCCC1. The van der Waals surface area contributed by atoms with Gasteiger partial charge in [-0.25, -0.2) is 0 Å². The van der Waals surface area contributed by atoms with Crippen LogP contribution < -0.4 is 4.74 Å². The fraction of sp³-hybridized carbons (Fsp3) is 0.600. The third-order valence-corrected chi connectivity index (χ3v) is 4.74. The predicted octanol–water partition coefficient (Wildman–Crippen LogP) is 5.21. The first-order valence-electron chi connectivity index (χ1n) is 8.78. The molecule has 1 aromatic carbocycles. The monoisotopic (exact) mass is 302 g/mol. The molecule has 0 bridgehead atoms. The number of methoxy groups -OCH3 is 1. The minimum Gasteiger partial charge on any atom is -0.497 e. The van der Waals surface area contributed by atoms with E-state index in [1.54, 1.807) is 7.11 Å². The molecule has 0 aliphatic heterocycles. The quantitative estimate of drug-likeness (QED) is 0.701. The van der Waals surface area contributed by atoms with Crippen molar-refractivity contribution < 1.29 is 9.84 Å². The number of aliphatic hydroxyl groups excluding tert-OH is 1. The van der Waals surface area contributed by atoms with Crippen LogP contribution in [-0.2, 0) is 0 Å². The van der Waals surface area contributed by atoms with Gasteiger partial charge in [0.05, 0.1) is 13.2 Å². The molecule has 1 fully saturated rings. The van der Waals surface area contributed by atoms with E-state index in [0.29, 0.717) is 5.92 Å². The van der Waals surface area contributed by atoms with Crippen LogP contribution in [0.5, 0.6) is 5.75 Å². The first kappa shape index (κ1) is 17.1. The molecule has 1 aromatic rings. The fourth-order valence-corrected chi connectivity index (χ4v) is 3.38. The van der Waals surface area contributed by atoms with Crippen LogP contribution in [0.15, 0.2) is 30.3 Å². The fourth-order valence-electron chi connectivity index (χ4n) is 3.38. The van der Waals surface area contributed by atoms with Crippen LogP contribution >= 0.6 is 0 Å². The van der Waals surface area contributed by atoms with E-state index in [9.17, 15) is 5.11 Å². The van der Waals surface area contributed by atoms with Crippen LogP contribution in [0.25, 0.3) is 5.57 Å². The second-order valence-electron chi connectivity index (χ2n) is 6.38. The van der Waals surface area contributed by atoms with Crippen LogP contribution in [0.4, 0.5) is 0 Å². The van der Waals surface area contributed by atoms with Gasteiger partial charge in [0.25, 0.3) is 0 Å². The Morgan fingerprint density at radius 3 is 2.77 bits per heavy atom. The molecule has 0 heterocycles. The Hall–Kier alpha value is -1.28. The standard InChI is InChI=1S/C20H30O2/c1-3-4-6-14-19(17-12-9-13-18(15-17)22-2)20(21)16-10-7-5-8-11-16/h9,12-16,20-21H,3-8,10-11H2,1-2H3/b19-14+/t20-/m1/s1. The zero-order valence-electron chi connectivity index (χ0n) is 14.1. The number of hydrogen-bond donors (Lipinski definition) is 1. The van der Waals surface area contributed by atoms with E-state index in [0.717, 1.165) is 36.1 Å².